The predicted molar refractivity (Wildman–Crippen MR) is 106 cm³/mol. The van der Waals surface area contributed by atoms with E-state index in [0.29, 0.717) is 32.4 Å². The minimum atomic E-state index is -3.92. The molecule has 0 aliphatic carbocycles. The van der Waals surface area contributed by atoms with Crippen LogP contribution in [0, 0.1) is 0 Å². The molecule has 2 fully saturated rings. The van der Waals surface area contributed by atoms with Crippen LogP contribution in [0.5, 0.6) is 5.75 Å². The molecule has 1 aromatic rings. The first-order chi connectivity index (χ1) is 13.6. The highest BCUT2D eigenvalue weighted by Gasteiger charge is 2.35. The molecule has 2 aliphatic rings. The predicted octanol–water partition coefficient (Wildman–Crippen LogP) is 0.412. The Morgan fingerprint density at radius 2 is 1.86 bits per heavy atom. The van der Waals surface area contributed by atoms with Crippen molar-refractivity contribution in [2.45, 2.75) is 36.2 Å². The number of carbonyl (C=O) groups is 1. The van der Waals surface area contributed by atoms with Crippen molar-refractivity contribution >= 4 is 25.8 Å². The molecule has 0 saturated carbocycles. The number of sulfonamides is 1. The number of nitrogens with zero attached hydrogens (tertiary/aromatic N) is 1. The molecule has 162 valence electrons. The van der Waals surface area contributed by atoms with Crippen LogP contribution in [0.25, 0.3) is 0 Å². The van der Waals surface area contributed by atoms with E-state index in [-0.39, 0.29) is 39.8 Å². The van der Waals surface area contributed by atoms with Crippen molar-refractivity contribution in [3.8, 4) is 5.75 Å². The fraction of sp³-hybridized carbons (Fsp3) is 0.611. The molecule has 3 rings (SSSR count). The largest absolute Gasteiger partial charge is 0.495 e. The Balaban J connectivity index is 1.68. The third kappa shape index (κ3) is 5.08. The van der Waals surface area contributed by atoms with Crippen molar-refractivity contribution in [2.75, 3.05) is 38.8 Å². The summed E-state index contributed by atoms with van der Waals surface area (Å²) in [5.41, 5.74) is 0.117. The number of likely N-dealkylation sites (tertiary alicyclic amines) is 1. The molecular formula is C18H26N2O7S2. The smallest absolute Gasteiger partial charge is 0.337 e. The van der Waals surface area contributed by atoms with Crippen LogP contribution >= 0.6 is 0 Å². The minimum absolute atomic E-state index is 0.0226. The fourth-order valence-electron chi connectivity index (χ4n) is 3.86. The van der Waals surface area contributed by atoms with Gasteiger partial charge in [-0.3, -0.25) is 4.90 Å². The number of piperidine rings is 1. The highest BCUT2D eigenvalue weighted by molar-refractivity contribution is 7.91. The second-order valence-electron chi connectivity index (χ2n) is 7.35. The summed E-state index contributed by atoms with van der Waals surface area (Å²) in [6, 6.07) is 3.85. The minimum Gasteiger partial charge on any atom is -0.495 e. The summed E-state index contributed by atoms with van der Waals surface area (Å²) in [7, 11) is -4.28. The number of esters is 1. The van der Waals surface area contributed by atoms with E-state index >= 15 is 0 Å². The Labute approximate surface area is 171 Å². The molecule has 2 aliphatic heterocycles. The standard InChI is InChI=1S/C18H26N2O7S2/c1-26-16-4-3-13(18(21)27-2)11-17(16)29(24,25)19-14-5-8-20(9-6-14)15-7-10-28(22,23)12-15/h3-4,11,14-15,19H,5-10,12H2,1-2H3. The lowest BCUT2D eigenvalue weighted by Gasteiger charge is -2.35. The number of nitrogens with one attached hydrogen (secondary N) is 1. The van der Waals surface area contributed by atoms with E-state index < -0.39 is 25.8 Å². The SMILES string of the molecule is COC(=O)c1ccc(OC)c(S(=O)(=O)NC2CCN(C3CCS(=O)(=O)C3)CC2)c1. The second-order valence-corrected chi connectivity index (χ2v) is 11.3. The molecule has 0 bridgehead atoms. The Morgan fingerprint density at radius 3 is 2.41 bits per heavy atom. The summed E-state index contributed by atoms with van der Waals surface area (Å²) < 4.78 is 61.7. The first-order valence-corrected chi connectivity index (χ1v) is 12.7. The number of rotatable bonds is 6. The number of carbonyl (C=O) groups excluding carboxylic acids is 1. The highest BCUT2D eigenvalue weighted by Crippen LogP contribution is 2.27. The first-order valence-electron chi connectivity index (χ1n) is 9.38. The van der Waals surface area contributed by atoms with Crippen LogP contribution in [-0.4, -0.2) is 78.6 Å². The molecule has 9 nitrogen and oxygen atoms in total. The number of methoxy groups -OCH3 is 2. The average molecular weight is 447 g/mol. The molecule has 0 spiro atoms. The zero-order chi connectivity index (χ0) is 21.2. The van der Waals surface area contributed by atoms with Gasteiger partial charge in [-0.25, -0.2) is 26.4 Å². The topological polar surface area (TPSA) is 119 Å². The van der Waals surface area contributed by atoms with Gasteiger partial charge in [-0.2, -0.15) is 0 Å². The van der Waals surface area contributed by atoms with Gasteiger partial charge in [0.2, 0.25) is 10.0 Å². The zero-order valence-electron chi connectivity index (χ0n) is 16.5. The van der Waals surface area contributed by atoms with E-state index in [1.165, 1.54) is 32.4 Å². The lowest BCUT2D eigenvalue weighted by Crippen LogP contribution is -2.48. The summed E-state index contributed by atoms with van der Waals surface area (Å²) in [6.45, 7) is 1.26. The molecule has 0 amide bonds. The van der Waals surface area contributed by atoms with Crippen molar-refractivity contribution in [3.63, 3.8) is 0 Å². The summed E-state index contributed by atoms with van der Waals surface area (Å²) >= 11 is 0. The number of benzene rings is 1. The molecule has 11 heteroatoms. The van der Waals surface area contributed by atoms with Gasteiger partial charge in [0.25, 0.3) is 0 Å². The molecule has 0 aromatic heterocycles. The number of ether oxygens (including phenoxy) is 2. The van der Waals surface area contributed by atoms with Crippen molar-refractivity contribution in [2.24, 2.45) is 0 Å². The van der Waals surface area contributed by atoms with E-state index in [2.05, 4.69) is 14.4 Å². The molecule has 2 saturated heterocycles. The third-order valence-electron chi connectivity index (χ3n) is 5.45. The average Bonchev–Trinajstić information content (AvgIpc) is 3.06. The van der Waals surface area contributed by atoms with E-state index in [0.717, 1.165) is 0 Å². The normalized spacial score (nSPS) is 23.0. The Morgan fingerprint density at radius 1 is 1.17 bits per heavy atom. The zero-order valence-corrected chi connectivity index (χ0v) is 18.1. The summed E-state index contributed by atoms with van der Waals surface area (Å²) in [5.74, 6) is -0.0933. The first kappa shape index (κ1) is 22.0. The molecule has 1 N–H and O–H groups in total. The van der Waals surface area contributed by atoms with Crippen LogP contribution < -0.4 is 9.46 Å². The van der Waals surface area contributed by atoms with Gasteiger partial charge in [-0.05, 0) is 50.6 Å². The van der Waals surface area contributed by atoms with Crippen molar-refractivity contribution < 1.29 is 31.1 Å². The molecule has 1 aromatic carbocycles. The summed E-state index contributed by atoms with van der Waals surface area (Å²) in [6.07, 6.45) is 1.79. The van der Waals surface area contributed by atoms with Crippen LogP contribution in [0.1, 0.15) is 29.6 Å². The van der Waals surface area contributed by atoms with Gasteiger partial charge in [-0.1, -0.05) is 0 Å². The second kappa shape index (κ2) is 8.58. The van der Waals surface area contributed by atoms with E-state index in [9.17, 15) is 21.6 Å². The van der Waals surface area contributed by atoms with Gasteiger partial charge in [0.1, 0.15) is 10.6 Å². The van der Waals surface area contributed by atoms with Crippen LogP contribution in [0.3, 0.4) is 0 Å². The molecule has 1 atom stereocenters. The van der Waals surface area contributed by atoms with E-state index in [4.69, 9.17) is 4.74 Å². The van der Waals surface area contributed by atoms with E-state index in [1.54, 1.807) is 0 Å². The number of sulfone groups is 1. The monoisotopic (exact) mass is 446 g/mol. The maximum Gasteiger partial charge on any atom is 0.337 e. The summed E-state index contributed by atoms with van der Waals surface area (Å²) in [4.78, 5) is 13.8. The van der Waals surface area contributed by atoms with Gasteiger partial charge >= 0.3 is 5.97 Å². The van der Waals surface area contributed by atoms with Gasteiger partial charge in [0, 0.05) is 12.1 Å². The number of hydrogen-bond donors (Lipinski definition) is 1. The van der Waals surface area contributed by atoms with Crippen LogP contribution in [0.4, 0.5) is 0 Å². The van der Waals surface area contributed by atoms with Crippen molar-refractivity contribution in [1.82, 2.24) is 9.62 Å². The van der Waals surface area contributed by atoms with Crippen molar-refractivity contribution in [3.05, 3.63) is 23.8 Å². The van der Waals surface area contributed by atoms with Crippen LogP contribution in [0.2, 0.25) is 0 Å². The number of hydrogen-bond acceptors (Lipinski definition) is 8. The lowest BCUT2D eigenvalue weighted by atomic mass is 10.0. The molecule has 29 heavy (non-hydrogen) atoms. The van der Waals surface area contributed by atoms with Gasteiger partial charge in [0.15, 0.2) is 9.84 Å². The van der Waals surface area contributed by atoms with Crippen molar-refractivity contribution in [1.29, 1.82) is 0 Å². The molecule has 0 radical (unpaired) electrons. The Kier molecular flexibility index (Phi) is 6.51. The van der Waals surface area contributed by atoms with Crippen LogP contribution in [-0.2, 0) is 24.6 Å². The quantitative estimate of drug-likeness (QED) is 0.624. The fourth-order valence-corrected chi connectivity index (χ4v) is 7.12. The third-order valence-corrected chi connectivity index (χ3v) is 8.74. The van der Waals surface area contributed by atoms with Gasteiger partial charge in [0.05, 0.1) is 31.3 Å². The van der Waals surface area contributed by atoms with E-state index in [1.807, 2.05) is 0 Å². The molecule has 2 heterocycles. The maximum atomic E-state index is 12.9. The Bertz CT molecular complexity index is 968. The molecular weight excluding hydrogens is 420 g/mol. The highest BCUT2D eigenvalue weighted by atomic mass is 32.2. The molecule has 1 unspecified atom stereocenters. The lowest BCUT2D eigenvalue weighted by molar-refractivity contribution is 0.0600. The van der Waals surface area contributed by atoms with Gasteiger partial charge < -0.3 is 9.47 Å². The van der Waals surface area contributed by atoms with Crippen LogP contribution in [0.15, 0.2) is 23.1 Å². The summed E-state index contributed by atoms with van der Waals surface area (Å²) in [5, 5.41) is 0. The maximum absolute atomic E-state index is 12.9. The Hall–Kier alpha value is -1.69. The van der Waals surface area contributed by atoms with Gasteiger partial charge in [-0.15, -0.1) is 0 Å².